The van der Waals surface area contributed by atoms with Crippen LogP contribution in [-0.4, -0.2) is 22.3 Å². The molecule has 0 unspecified atom stereocenters. The highest BCUT2D eigenvalue weighted by Crippen LogP contribution is 2.17. The van der Waals surface area contributed by atoms with E-state index < -0.39 is 0 Å². The molecule has 1 aromatic carbocycles. The van der Waals surface area contributed by atoms with Gasteiger partial charge in [-0.2, -0.15) is 10.2 Å². The van der Waals surface area contributed by atoms with Gasteiger partial charge in [0, 0.05) is 11.8 Å². The molecule has 0 fully saturated rings. The number of H-pyrrole nitrogens is 1. The molecule has 0 aliphatic heterocycles. The lowest BCUT2D eigenvalue weighted by atomic mass is 10.1. The summed E-state index contributed by atoms with van der Waals surface area (Å²) in [4.78, 5) is 11.6. The second kappa shape index (κ2) is 7.89. The molecule has 2 rings (SSSR count). The molecular weight excluding hydrogens is 252 g/mol. The second-order valence-corrected chi connectivity index (χ2v) is 3.86. The van der Waals surface area contributed by atoms with E-state index >= 15 is 0 Å². The zero-order chi connectivity index (χ0) is 15.0. The van der Waals surface area contributed by atoms with Crippen LogP contribution in [0.15, 0.2) is 35.4 Å². The summed E-state index contributed by atoms with van der Waals surface area (Å²) in [5.74, 6) is -0.307. The van der Waals surface area contributed by atoms with Crippen LogP contribution in [0.3, 0.4) is 0 Å². The standard InChI is InChI=1S/C13H14N4O.C2H6/c1-3-14-17-13(18)12-8-11(15-16-12)10-6-4-9(2)5-7-10;1-2/h3-8H,1-2H3,(H,15,16)(H,17,18);1-2H3/b14-3-;. The Morgan fingerprint density at radius 2 is 1.95 bits per heavy atom. The van der Waals surface area contributed by atoms with Crippen molar-refractivity contribution in [2.24, 2.45) is 5.10 Å². The number of aromatic amines is 1. The fourth-order valence-electron chi connectivity index (χ4n) is 1.49. The van der Waals surface area contributed by atoms with Gasteiger partial charge in [-0.25, -0.2) is 5.43 Å². The van der Waals surface area contributed by atoms with Gasteiger partial charge in [-0.15, -0.1) is 0 Å². The molecule has 0 saturated carbocycles. The van der Waals surface area contributed by atoms with Crippen LogP contribution in [0.2, 0.25) is 0 Å². The number of hydrogen-bond donors (Lipinski definition) is 2. The average molecular weight is 272 g/mol. The zero-order valence-corrected chi connectivity index (χ0v) is 12.3. The molecule has 0 bridgehead atoms. The Hall–Kier alpha value is -2.43. The molecule has 1 heterocycles. The van der Waals surface area contributed by atoms with Gasteiger partial charge in [0.25, 0.3) is 5.91 Å². The van der Waals surface area contributed by atoms with Crippen LogP contribution in [-0.2, 0) is 0 Å². The molecule has 0 saturated heterocycles. The van der Waals surface area contributed by atoms with Gasteiger partial charge in [0.05, 0.1) is 5.69 Å². The fourth-order valence-corrected chi connectivity index (χ4v) is 1.49. The highest BCUT2D eigenvalue weighted by atomic mass is 16.2. The predicted octanol–water partition coefficient (Wildman–Crippen LogP) is 3.15. The third-order valence-corrected chi connectivity index (χ3v) is 2.47. The van der Waals surface area contributed by atoms with Crippen LogP contribution in [0.25, 0.3) is 11.3 Å². The summed E-state index contributed by atoms with van der Waals surface area (Å²) in [7, 11) is 0. The van der Waals surface area contributed by atoms with Gasteiger partial charge < -0.3 is 0 Å². The summed E-state index contributed by atoms with van der Waals surface area (Å²) in [5.41, 5.74) is 5.66. The number of rotatable bonds is 3. The van der Waals surface area contributed by atoms with Crippen molar-refractivity contribution in [3.63, 3.8) is 0 Å². The first-order chi connectivity index (χ1) is 9.70. The summed E-state index contributed by atoms with van der Waals surface area (Å²) in [5, 5.41) is 10.5. The van der Waals surface area contributed by atoms with Crippen molar-refractivity contribution in [3.8, 4) is 11.3 Å². The van der Waals surface area contributed by atoms with Crippen LogP contribution in [0, 0.1) is 6.92 Å². The number of benzene rings is 1. The van der Waals surface area contributed by atoms with Crippen LogP contribution in [0.5, 0.6) is 0 Å². The van der Waals surface area contributed by atoms with E-state index in [-0.39, 0.29) is 5.91 Å². The summed E-state index contributed by atoms with van der Waals surface area (Å²) < 4.78 is 0. The SMILES string of the molecule is C/C=N\NC(=O)c1cc(-c2ccc(C)cc2)n[nH]1.CC. The van der Waals surface area contributed by atoms with Gasteiger partial charge in [-0.3, -0.25) is 9.89 Å². The first-order valence-electron chi connectivity index (χ1n) is 6.61. The van der Waals surface area contributed by atoms with E-state index in [1.165, 1.54) is 11.8 Å². The zero-order valence-electron chi connectivity index (χ0n) is 12.3. The van der Waals surface area contributed by atoms with E-state index in [1.807, 2.05) is 45.0 Å². The number of nitrogens with one attached hydrogen (secondary N) is 2. The molecule has 106 valence electrons. The predicted molar refractivity (Wildman–Crippen MR) is 81.7 cm³/mol. The van der Waals surface area contributed by atoms with Crippen molar-refractivity contribution < 1.29 is 4.79 Å². The summed E-state index contributed by atoms with van der Waals surface area (Å²) in [6, 6.07) is 9.65. The maximum Gasteiger partial charge on any atom is 0.289 e. The van der Waals surface area contributed by atoms with Gasteiger partial charge in [0.1, 0.15) is 5.69 Å². The van der Waals surface area contributed by atoms with Gasteiger partial charge in [-0.05, 0) is 19.9 Å². The first kappa shape index (κ1) is 15.6. The number of hydrazone groups is 1. The normalized spacial score (nSPS) is 10.0. The Labute approximate surface area is 119 Å². The molecule has 0 aliphatic rings. The molecule has 0 radical (unpaired) electrons. The minimum absolute atomic E-state index is 0.307. The Balaban J connectivity index is 0.000000956. The molecule has 0 spiro atoms. The Bertz CT molecular complexity index is 570. The lowest BCUT2D eigenvalue weighted by Gasteiger charge is -1.96. The number of aromatic nitrogens is 2. The fraction of sp³-hybridized carbons (Fsp3) is 0.267. The van der Waals surface area contributed by atoms with Crippen molar-refractivity contribution in [2.75, 3.05) is 0 Å². The number of hydrogen-bond acceptors (Lipinski definition) is 3. The van der Waals surface area contributed by atoms with Crippen molar-refractivity contribution in [3.05, 3.63) is 41.6 Å². The smallest absolute Gasteiger partial charge is 0.272 e. The summed E-state index contributed by atoms with van der Waals surface area (Å²) >= 11 is 0. The summed E-state index contributed by atoms with van der Waals surface area (Å²) in [6.07, 6.45) is 1.51. The quantitative estimate of drug-likeness (QED) is 0.665. The van der Waals surface area contributed by atoms with Crippen molar-refractivity contribution >= 4 is 12.1 Å². The van der Waals surface area contributed by atoms with E-state index in [9.17, 15) is 4.79 Å². The lowest BCUT2D eigenvalue weighted by molar-refractivity contribution is 0.0950. The topological polar surface area (TPSA) is 70.1 Å². The third-order valence-electron chi connectivity index (χ3n) is 2.47. The van der Waals surface area contributed by atoms with Gasteiger partial charge in [0.2, 0.25) is 0 Å². The largest absolute Gasteiger partial charge is 0.289 e. The van der Waals surface area contributed by atoms with Gasteiger partial charge in [-0.1, -0.05) is 43.7 Å². The van der Waals surface area contributed by atoms with Crippen molar-refractivity contribution in [2.45, 2.75) is 27.7 Å². The minimum Gasteiger partial charge on any atom is -0.272 e. The number of carbonyl (C=O) groups is 1. The third kappa shape index (κ3) is 4.05. The molecule has 1 aromatic heterocycles. The maximum absolute atomic E-state index is 11.6. The van der Waals surface area contributed by atoms with E-state index in [0.717, 1.165) is 11.3 Å². The van der Waals surface area contributed by atoms with E-state index in [2.05, 4.69) is 20.7 Å². The Kier molecular flexibility index (Phi) is 6.16. The lowest BCUT2D eigenvalue weighted by Crippen LogP contribution is -2.17. The van der Waals surface area contributed by atoms with E-state index in [4.69, 9.17) is 0 Å². The maximum atomic E-state index is 11.6. The molecule has 20 heavy (non-hydrogen) atoms. The monoisotopic (exact) mass is 272 g/mol. The molecule has 2 aromatic rings. The number of aryl methyl sites for hydroxylation is 1. The summed E-state index contributed by atoms with van der Waals surface area (Å²) in [6.45, 7) is 7.75. The van der Waals surface area contributed by atoms with Gasteiger partial charge >= 0.3 is 0 Å². The Morgan fingerprint density at radius 3 is 2.55 bits per heavy atom. The van der Waals surface area contributed by atoms with Crippen molar-refractivity contribution in [1.29, 1.82) is 0 Å². The van der Waals surface area contributed by atoms with Crippen LogP contribution < -0.4 is 5.43 Å². The highest BCUT2D eigenvalue weighted by Gasteiger charge is 2.09. The molecule has 2 N–H and O–H groups in total. The first-order valence-corrected chi connectivity index (χ1v) is 6.61. The van der Waals surface area contributed by atoms with E-state index in [1.54, 1.807) is 13.0 Å². The van der Waals surface area contributed by atoms with E-state index in [0.29, 0.717) is 5.69 Å². The molecule has 1 amide bonds. The number of carbonyl (C=O) groups excluding carboxylic acids is 1. The molecule has 5 heteroatoms. The number of amides is 1. The van der Waals surface area contributed by atoms with Crippen LogP contribution >= 0.6 is 0 Å². The Morgan fingerprint density at radius 1 is 1.30 bits per heavy atom. The molecular formula is C15H20N4O. The highest BCUT2D eigenvalue weighted by molar-refractivity contribution is 5.93. The molecule has 0 aliphatic carbocycles. The molecule has 5 nitrogen and oxygen atoms in total. The van der Waals surface area contributed by atoms with Gasteiger partial charge in [0.15, 0.2) is 0 Å². The second-order valence-electron chi connectivity index (χ2n) is 3.86. The van der Waals surface area contributed by atoms with Crippen LogP contribution in [0.4, 0.5) is 0 Å². The minimum atomic E-state index is -0.307. The average Bonchev–Trinajstić information content (AvgIpc) is 2.97. The van der Waals surface area contributed by atoms with Crippen LogP contribution in [0.1, 0.15) is 36.8 Å². The number of nitrogens with zero attached hydrogens (tertiary/aromatic N) is 2. The van der Waals surface area contributed by atoms with Crippen molar-refractivity contribution in [1.82, 2.24) is 15.6 Å². The molecule has 0 atom stereocenters.